The van der Waals surface area contributed by atoms with Crippen LogP contribution in [0.2, 0.25) is 0 Å². The van der Waals surface area contributed by atoms with Gasteiger partial charge in [0.1, 0.15) is 6.26 Å². The zero-order chi connectivity index (χ0) is 11.5. The maximum absolute atomic E-state index is 11.8. The summed E-state index contributed by atoms with van der Waals surface area (Å²) in [5, 5.41) is 6.07. The number of ether oxygens (including phenoxy) is 1. The van der Waals surface area contributed by atoms with Crippen LogP contribution in [0.4, 0.5) is 0 Å². The van der Waals surface area contributed by atoms with Gasteiger partial charge in [0.15, 0.2) is 4.67 Å². The molecular weight excluding hydrogens is 276 g/mol. The summed E-state index contributed by atoms with van der Waals surface area (Å²) in [6.07, 6.45) is 1.45. The van der Waals surface area contributed by atoms with Gasteiger partial charge >= 0.3 is 0 Å². The van der Waals surface area contributed by atoms with E-state index in [9.17, 15) is 4.79 Å². The van der Waals surface area contributed by atoms with Crippen molar-refractivity contribution >= 4 is 21.8 Å². The highest BCUT2D eigenvalue weighted by molar-refractivity contribution is 9.10. The first-order valence-corrected chi connectivity index (χ1v) is 5.78. The molecule has 1 unspecified atom stereocenters. The Hall–Kier alpha value is -0.850. The Morgan fingerprint density at radius 3 is 3.12 bits per heavy atom. The summed E-state index contributed by atoms with van der Waals surface area (Å²) in [7, 11) is 1.64. The van der Waals surface area contributed by atoms with Gasteiger partial charge in [0.25, 0.3) is 5.91 Å². The highest BCUT2D eigenvalue weighted by Crippen LogP contribution is 2.14. The first-order valence-electron chi connectivity index (χ1n) is 4.99. The smallest absolute Gasteiger partial charge is 0.254 e. The molecule has 0 spiro atoms. The summed E-state index contributed by atoms with van der Waals surface area (Å²) < 4.78 is 10.8. The molecule has 0 aliphatic carbocycles. The van der Waals surface area contributed by atoms with Gasteiger partial charge in [0, 0.05) is 26.3 Å². The molecule has 1 aromatic rings. The topological polar surface area (TPSA) is 63.5 Å². The van der Waals surface area contributed by atoms with Crippen LogP contribution in [-0.4, -0.2) is 38.3 Å². The average Bonchev–Trinajstić information content (AvgIpc) is 2.86. The van der Waals surface area contributed by atoms with Crippen LogP contribution in [0.25, 0.3) is 0 Å². The fourth-order valence-electron chi connectivity index (χ4n) is 1.73. The van der Waals surface area contributed by atoms with Gasteiger partial charge in [-0.3, -0.25) is 4.79 Å². The molecule has 5 nitrogen and oxygen atoms in total. The molecule has 1 aliphatic heterocycles. The zero-order valence-corrected chi connectivity index (χ0v) is 10.4. The van der Waals surface area contributed by atoms with Crippen molar-refractivity contribution in [2.45, 2.75) is 12.1 Å². The van der Waals surface area contributed by atoms with Crippen LogP contribution in [-0.2, 0) is 4.74 Å². The quantitative estimate of drug-likeness (QED) is 0.862. The van der Waals surface area contributed by atoms with E-state index >= 15 is 0 Å². The van der Waals surface area contributed by atoms with Crippen molar-refractivity contribution in [1.29, 1.82) is 0 Å². The SMILES string of the molecule is CO[C@H]1CNCC1NC(=O)c1coc(Br)c1. The molecule has 6 heteroatoms. The van der Waals surface area contributed by atoms with Crippen molar-refractivity contribution in [2.75, 3.05) is 20.2 Å². The van der Waals surface area contributed by atoms with E-state index in [1.807, 2.05) is 0 Å². The zero-order valence-electron chi connectivity index (χ0n) is 8.83. The molecular formula is C10H13BrN2O3. The van der Waals surface area contributed by atoms with Crippen LogP contribution in [0.15, 0.2) is 21.4 Å². The molecule has 1 aliphatic rings. The average molecular weight is 289 g/mol. The van der Waals surface area contributed by atoms with Gasteiger partial charge in [-0.15, -0.1) is 0 Å². The van der Waals surface area contributed by atoms with Gasteiger partial charge in [0.2, 0.25) is 0 Å². The van der Waals surface area contributed by atoms with Crippen LogP contribution in [0, 0.1) is 0 Å². The van der Waals surface area contributed by atoms with E-state index in [0.29, 0.717) is 10.2 Å². The summed E-state index contributed by atoms with van der Waals surface area (Å²) in [6, 6.07) is 1.64. The number of amides is 1. The lowest BCUT2D eigenvalue weighted by atomic mass is 10.2. The molecule has 2 rings (SSSR count). The molecule has 0 saturated carbocycles. The maximum Gasteiger partial charge on any atom is 0.254 e. The first kappa shape index (κ1) is 11.6. The van der Waals surface area contributed by atoms with Crippen LogP contribution in [0.1, 0.15) is 10.4 Å². The van der Waals surface area contributed by atoms with Crippen molar-refractivity contribution in [1.82, 2.24) is 10.6 Å². The van der Waals surface area contributed by atoms with Crippen molar-refractivity contribution in [3.63, 3.8) is 0 Å². The molecule has 2 N–H and O–H groups in total. The summed E-state index contributed by atoms with van der Waals surface area (Å²) in [5.74, 6) is -0.148. The van der Waals surface area contributed by atoms with Gasteiger partial charge < -0.3 is 19.8 Å². The van der Waals surface area contributed by atoms with E-state index in [4.69, 9.17) is 9.15 Å². The number of nitrogens with one attached hydrogen (secondary N) is 2. The molecule has 88 valence electrons. The Labute approximate surface area is 102 Å². The second-order valence-corrected chi connectivity index (χ2v) is 4.43. The molecule has 16 heavy (non-hydrogen) atoms. The Balaban J connectivity index is 1.97. The van der Waals surface area contributed by atoms with Gasteiger partial charge in [-0.1, -0.05) is 0 Å². The van der Waals surface area contributed by atoms with E-state index in [1.54, 1.807) is 13.2 Å². The van der Waals surface area contributed by atoms with E-state index in [0.717, 1.165) is 13.1 Å². The minimum absolute atomic E-state index is 0.00572. The number of rotatable bonds is 3. The van der Waals surface area contributed by atoms with Gasteiger partial charge in [0.05, 0.1) is 17.7 Å². The standard InChI is InChI=1S/C10H13BrN2O3/c1-15-8-4-12-3-7(8)13-10(14)6-2-9(11)16-5-6/h2,5,7-8,12H,3-4H2,1H3,(H,13,14)/t7?,8-/m0/s1. The summed E-state index contributed by atoms with van der Waals surface area (Å²) >= 11 is 3.15. The molecule has 1 aromatic heterocycles. The lowest BCUT2D eigenvalue weighted by molar-refractivity contribution is 0.0779. The molecule has 1 fully saturated rings. The van der Waals surface area contributed by atoms with E-state index in [2.05, 4.69) is 26.6 Å². The lowest BCUT2D eigenvalue weighted by Gasteiger charge is -2.17. The van der Waals surface area contributed by atoms with Crippen LogP contribution >= 0.6 is 15.9 Å². The van der Waals surface area contributed by atoms with Crippen molar-refractivity contribution < 1.29 is 13.9 Å². The Morgan fingerprint density at radius 2 is 2.50 bits per heavy atom. The molecule has 2 atom stereocenters. The minimum atomic E-state index is -0.148. The second kappa shape index (κ2) is 4.99. The largest absolute Gasteiger partial charge is 0.457 e. The fraction of sp³-hybridized carbons (Fsp3) is 0.500. The number of hydrogen-bond donors (Lipinski definition) is 2. The molecule has 1 amide bonds. The van der Waals surface area contributed by atoms with E-state index in [-0.39, 0.29) is 18.1 Å². The molecule has 0 aromatic carbocycles. The molecule has 1 saturated heterocycles. The van der Waals surface area contributed by atoms with E-state index in [1.165, 1.54) is 6.26 Å². The summed E-state index contributed by atoms with van der Waals surface area (Å²) in [6.45, 7) is 1.49. The second-order valence-electron chi connectivity index (χ2n) is 3.65. The van der Waals surface area contributed by atoms with Crippen LogP contribution < -0.4 is 10.6 Å². The van der Waals surface area contributed by atoms with Crippen molar-refractivity contribution in [3.05, 3.63) is 22.6 Å². The fourth-order valence-corrected chi connectivity index (χ4v) is 2.07. The number of methoxy groups -OCH3 is 1. The minimum Gasteiger partial charge on any atom is -0.457 e. The van der Waals surface area contributed by atoms with Crippen LogP contribution in [0.5, 0.6) is 0 Å². The highest BCUT2D eigenvalue weighted by atomic mass is 79.9. The van der Waals surface area contributed by atoms with Crippen molar-refractivity contribution in [2.24, 2.45) is 0 Å². The summed E-state index contributed by atoms with van der Waals surface area (Å²) in [5.41, 5.74) is 0.508. The highest BCUT2D eigenvalue weighted by Gasteiger charge is 2.28. The molecule has 2 heterocycles. The number of carbonyl (C=O) groups excluding carboxylic acids is 1. The first-order chi connectivity index (χ1) is 7.70. The number of furan rings is 1. The predicted molar refractivity (Wildman–Crippen MR) is 61.3 cm³/mol. The van der Waals surface area contributed by atoms with E-state index < -0.39 is 0 Å². The predicted octanol–water partition coefficient (Wildman–Crippen LogP) is 0.759. The third-order valence-electron chi connectivity index (χ3n) is 2.61. The normalized spacial score (nSPS) is 24.6. The third kappa shape index (κ3) is 2.45. The van der Waals surface area contributed by atoms with Crippen molar-refractivity contribution in [3.8, 4) is 0 Å². The maximum atomic E-state index is 11.8. The Kier molecular flexibility index (Phi) is 3.63. The van der Waals surface area contributed by atoms with Gasteiger partial charge in [-0.05, 0) is 15.9 Å². The number of halogens is 1. The third-order valence-corrected chi connectivity index (χ3v) is 3.02. The number of hydrogen-bond acceptors (Lipinski definition) is 4. The Morgan fingerprint density at radius 1 is 1.69 bits per heavy atom. The monoisotopic (exact) mass is 288 g/mol. The summed E-state index contributed by atoms with van der Waals surface area (Å²) in [4.78, 5) is 11.8. The van der Waals surface area contributed by atoms with Gasteiger partial charge in [-0.2, -0.15) is 0 Å². The molecule has 0 radical (unpaired) electrons. The lowest BCUT2D eigenvalue weighted by Crippen LogP contribution is -2.43. The molecule has 0 bridgehead atoms. The van der Waals surface area contributed by atoms with Gasteiger partial charge in [-0.25, -0.2) is 0 Å². The Bertz CT molecular complexity index is 380. The number of carbonyl (C=O) groups is 1. The van der Waals surface area contributed by atoms with Crippen LogP contribution in [0.3, 0.4) is 0 Å².